The van der Waals surface area contributed by atoms with Gasteiger partial charge in [-0.2, -0.15) is 0 Å². The van der Waals surface area contributed by atoms with Crippen LogP contribution in [0.1, 0.15) is 30.1 Å². The molecule has 1 N–H and O–H groups in total. The van der Waals surface area contributed by atoms with Crippen LogP contribution in [0.2, 0.25) is 5.02 Å². The standard InChI is InChI=1S/C14H18ClNO2/c1-2-3-6-16-8-10-9-18-13-5-4-11(15)7-12(13)14(10)17/h4-5,7,10,16H,2-3,6,8-9H2,1H3/t10-/m0/s1. The van der Waals surface area contributed by atoms with Crippen LogP contribution in [0.15, 0.2) is 18.2 Å². The number of unbranched alkanes of at least 4 members (excludes halogenated alkanes) is 1. The van der Waals surface area contributed by atoms with Gasteiger partial charge < -0.3 is 10.1 Å². The molecule has 18 heavy (non-hydrogen) atoms. The Kier molecular flexibility index (Phi) is 4.61. The van der Waals surface area contributed by atoms with E-state index >= 15 is 0 Å². The maximum absolute atomic E-state index is 12.3. The molecule has 4 heteroatoms. The van der Waals surface area contributed by atoms with Gasteiger partial charge in [-0.25, -0.2) is 0 Å². The summed E-state index contributed by atoms with van der Waals surface area (Å²) < 4.78 is 5.60. The number of rotatable bonds is 5. The van der Waals surface area contributed by atoms with E-state index in [1.807, 2.05) is 0 Å². The Bertz CT molecular complexity index is 434. The molecule has 1 aromatic carbocycles. The smallest absolute Gasteiger partial charge is 0.174 e. The highest BCUT2D eigenvalue weighted by atomic mass is 35.5. The Morgan fingerprint density at radius 3 is 3.11 bits per heavy atom. The van der Waals surface area contributed by atoms with Gasteiger partial charge in [0.2, 0.25) is 0 Å². The van der Waals surface area contributed by atoms with Gasteiger partial charge in [-0.15, -0.1) is 0 Å². The van der Waals surface area contributed by atoms with Crippen molar-refractivity contribution >= 4 is 17.4 Å². The van der Waals surface area contributed by atoms with Crippen LogP contribution in [-0.4, -0.2) is 25.5 Å². The van der Waals surface area contributed by atoms with Crippen molar-refractivity contribution in [1.29, 1.82) is 0 Å². The van der Waals surface area contributed by atoms with E-state index in [1.54, 1.807) is 18.2 Å². The average Bonchev–Trinajstić information content (AvgIpc) is 2.38. The summed E-state index contributed by atoms with van der Waals surface area (Å²) >= 11 is 5.91. The van der Waals surface area contributed by atoms with Gasteiger partial charge in [0, 0.05) is 11.6 Å². The molecule has 0 fully saturated rings. The van der Waals surface area contributed by atoms with Crippen LogP contribution in [0.5, 0.6) is 5.75 Å². The summed E-state index contributed by atoms with van der Waals surface area (Å²) in [5.41, 5.74) is 0.607. The second-order valence-corrected chi connectivity index (χ2v) is 5.01. The fraction of sp³-hybridized carbons (Fsp3) is 0.500. The summed E-state index contributed by atoms with van der Waals surface area (Å²) in [4.78, 5) is 12.3. The Labute approximate surface area is 112 Å². The van der Waals surface area contributed by atoms with Crippen LogP contribution < -0.4 is 10.1 Å². The van der Waals surface area contributed by atoms with Crippen molar-refractivity contribution in [2.75, 3.05) is 19.7 Å². The number of hydrogen-bond donors (Lipinski definition) is 1. The molecule has 1 aliphatic rings. The van der Waals surface area contributed by atoms with Crippen molar-refractivity contribution in [3.63, 3.8) is 0 Å². The monoisotopic (exact) mass is 267 g/mol. The van der Waals surface area contributed by atoms with Crippen LogP contribution in [0.4, 0.5) is 0 Å². The molecule has 1 atom stereocenters. The molecule has 1 heterocycles. The molecular weight excluding hydrogens is 250 g/mol. The summed E-state index contributed by atoms with van der Waals surface area (Å²) in [5.74, 6) is 0.671. The van der Waals surface area contributed by atoms with E-state index in [9.17, 15) is 4.79 Å². The first-order valence-electron chi connectivity index (χ1n) is 6.39. The number of carbonyl (C=O) groups is 1. The molecule has 0 amide bonds. The normalized spacial score (nSPS) is 18.3. The van der Waals surface area contributed by atoms with E-state index in [2.05, 4.69) is 12.2 Å². The summed E-state index contributed by atoms with van der Waals surface area (Å²) in [6.45, 7) is 4.22. The highest BCUT2D eigenvalue weighted by molar-refractivity contribution is 6.31. The van der Waals surface area contributed by atoms with Gasteiger partial charge in [0.05, 0.1) is 18.1 Å². The van der Waals surface area contributed by atoms with Crippen molar-refractivity contribution in [3.05, 3.63) is 28.8 Å². The molecular formula is C14H18ClNO2. The molecule has 0 aromatic heterocycles. The maximum Gasteiger partial charge on any atom is 0.174 e. The van der Waals surface area contributed by atoms with E-state index in [0.29, 0.717) is 29.5 Å². The largest absolute Gasteiger partial charge is 0.492 e. The van der Waals surface area contributed by atoms with E-state index < -0.39 is 0 Å². The van der Waals surface area contributed by atoms with Crippen LogP contribution in [-0.2, 0) is 0 Å². The quantitative estimate of drug-likeness (QED) is 0.834. The Balaban J connectivity index is 1.99. The van der Waals surface area contributed by atoms with Crippen molar-refractivity contribution in [3.8, 4) is 5.75 Å². The first kappa shape index (κ1) is 13.4. The first-order chi connectivity index (χ1) is 8.72. The predicted molar refractivity (Wildman–Crippen MR) is 72.5 cm³/mol. The molecule has 0 spiro atoms. The van der Waals surface area contributed by atoms with Crippen molar-refractivity contribution < 1.29 is 9.53 Å². The summed E-state index contributed by atoms with van der Waals surface area (Å²) in [7, 11) is 0. The number of benzene rings is 1. The molecule has 1 aromatic rings. The summed E-state index contributed by atoms with van der Waals surface area (Å²) in [6.07, 6.45) is 2.28. The van der Waals surface area contributed by atoms with Crippen LogP contribution in [0.25, 0.3) is 0 Å². The van der Waals surface area contributed by atoms with E-state index in [1.165, 1.54) is 0 Å². The van der Waals surface area contributed by atoms with Gasteiger partial charge >= 0.3 is 0 Å². The fourth-order valence-electron chi connectivity index (χ4n) is 2.04. The number of ketones is 1. The highest BCUT2D eigenvalue weighted by Crippen LogP contribution is 2.29. The third kappa shape index (κ3) is 3.03. The predicted octanol–water partition coefficient (Wildman–Crippen LogP) is 2.92. The van der Waals surface area contributed by atoms with Gasteiger partial charge in [-0.1, -0.05) is 24.9 Å². The molecule has 0 unspecified atom stereocenters. The zero-order valence-electron chi connectivity index (χ0n) is 10.5. The Hall–Kier alpha value is -1.06. The summed E-state index contributed by atoms with van der Waals surface area (Å²) in [6, 6.07) is 5.20. The van der Waals surface area contributed by atoms with Crippen LogP contribution in [0.3, 0.4) is 0 Å². The molecule has 0 saturated heterocycles. The Morgan fingerprint density at radius 1 is 1.50 bits per heavy atom. The molecule has 98 valence electrons. The molecule has 0 aliphatic carbocycles. The first-order valence-corrected chi connectivity index (χ1v) is 6.77. The number of carbonyl (C=O) groups excluding carboxylic acids is 1. The van der Waals surface area contributed by atoms with Gasteiger partial charge in [0.15, 0.2) is 5.78 Å². The molecule has 0 bridgehead atoms. The van der Waals surface area contributed by atoms with E-state index in [0.717, 1.165) is 19.4 Å². The molecule has 1 aliphatic heterocycles. The third-order valence-corrected chi connectivity index (χ3v) is 3.35. The van der Waals surface area contributed by atoms with Crippen LogP contribution >= 0.6 is 11.6 Å². The van der Waals surface area contributed by atoms with Crippen LogP contribution in [0, 0.1) is 5.92 Å². The van der Waals surface area contributed by atoms with Crippen molar-refractivity contribution in [1.82, 2.24) is 5.32 Å². The number of fused-ring (bicyclic) bond motifs is 1. The van der Waals surface area contributed by atoms with Gasteiger partial charge in [0.1, 0.15) is 5.75 Å². The lowest BCUT2D eigenvalue weighted by Gasteiger charge is -2.24. The number of Topliss-reactive ketones (excluding diaryl/α,β-unsaturated/α-hetero) is 1. The van der Waals surface area contributed by atoms with E-state index in [4.69, 9.17) is 16.3 Å². The van der Waals surface area contributed by atoms with E-state index in [-0.39, 0.29) is 11.7 Å². The SMILES string of the molecule is CCCCNC[C@H]1COc2ccc(Cl)cc2C1=O. The van der Waals surface area contributed by atoms with Gasteiger partial charge in [0.25, 0.3) is 0 Å². The minimum atomic E-state index is -0.104. The zero-order valence-corrected chi connectivity index (χ0v) is 11.3. The second-order valence-electron chi connectivity index (χ2n) is 4.57. The highest BCUT2D eigenvalue weighted by Gasteiger charge is 2.28. The van der Waals surface area contributed by atoms with Gasteiger partial charge in [-0.3, -0.25) is 4.79 Å². The lowest BCUT2D eigenvalue weighted by molar-refractivity contribution is 0.0830. The molecule has 2 rings (SSSR count). The topological polar surface area (TPSA) is 38.3 Å². The zero-order chi connectivity index (χ0) is 13.0. The third-order valence-electron chi connectivity index (χ3n) is 3.12. The van der Waals surface area contributed by atoms with Gasteiger partial charge in [-0.05, 0) is 31.2 Å². The molecule has 0 saturated carbocycles. The minimum Gasteiger partial charge on any atom is -0.492 e. The van der Waals surface area contributed by atoms with Crippen molar-refractivity contribution in [2.24, 2.45) is 5.92 Å². The lowest BCUT2D eigenvalue weighted by Crippen LogP contribution is -2.36. The Morgan fingerprint density at radius 2 is 2.33 bits per heavy atom. The maximum atomic E-state index is 12.3. The molecule has 0 radical (unpaired) electrons. The molecule has 3 nitrogen and oxygen atoms in total. The number of ether oxygens (including phenoxy) is 1. The minimum absolute atomic E-state index is 0.104. The number of nitrogens with one attached hydrogen (secondary N) is 1. The van der Waals surface area contributed by atoms with Crippen molar-refractivity contribution in [2.45, 2.75) is 19.8 Å². The lowest BCUT2D eigenvalue weighted by atomic mass is 9.95. The number of hydrogen-bond acceptors (Lipinski definition) is 3. The fourth-order valence-corrected chi connectivity index (χ4v) is 2.21. The average molecular weight is 268 g/mol. The second kappa shape index (κ2) is 6.21. The number of halogens is 1. The summed E-state index contributed by atoms with van der Waals surface area (Å²) in [5, 5.41) is 3.87.